The first-order valence-electron chi connectivity index (χ1n) is 6.75. The van der Waals surface area contributed by atoms with Crippen LogP contribution in [0.5, 0.6) is 0 Å². The van der Waals surface area contributed by atoms with Gasteiger partial charge in [0.05, 0.1) is 0 Å². The third-order valence-corrected chi connectivity index (χ3v) is 3.95. The molecule has 1 aromatic heterocycles. The van der Waals surface area contributed by atoms with Gasteiger partial charge in [-0.05, 0) is 47.6 Å². The third kappa shape index (κ3) is 2.08. The van der Waals surface area contributed by atoms with Gasteiger partial charge in [0.25, 0.3) is 0 Å². The molecule has 0 aliphatic carbocycles. The molecule has 3 aromatic rings. The molecule has 3 rings (SSSR count). The molecule has 0 saturated carbocycles. The Morgan fingerprint density at radius 3 is 2.55 bits per heavy atom. The zero-order valence-corrected chi connectivity index (χ0v) is 11.7. The Bertz CT molecular complexity index is 759. The van der Waals surface area contributed by atoms with Crippen LogP contribution in [0.25, 0.3) is 10.8 Å². The molecule has 2 nitrogen and oxygen atoms in total. The van der Waals surface area contributed by atoms with Crippen molar-refractivity contribution in [1.29, 1.82) is 0 Å². The summed E-state index contributed by atoms with van der Waals surface area (Å²) in [5, 5.41) is 12.9. The summed E-state index contributed by atoms with van der Waals surface area (Å²) in [6, 6.07) is 14.0. The summed E-state index contributed by atoms with van der Waals surface area (Å²) in [5.41, 5.74) is 4.20. The Labute approximate surface area is 118 Å². The minimum absolute atomic E-state index is 0.622. The van der Waals surface area contributed by atoms with Crippen LogP contribution in [0.15, 0.2) is 54.9 Å². The van der Waals surface area contributed by atoms with E-state index in [1.165, 1.54) is 5.56 Å². The van der Waals surface area contributed by atoms with Gasteiger partial charge in [-0.1, -0.05) is 36.4 Å². The van der Waals surface area contributed by atoms with E-state index >= 15 is 0 Å². The highest BCUT2D eigenvalue weighted by molar-refractivity contribution is 5.85. The Kier molecular flexibility index (Phi) is 3.25. The van der Waals surface area contributed by atoms with Crippen molar-refractivity contribution < 1.29 is 5.11 Å². The van der Waals surface area contributed by atoms with Crippen molar-refractivity contribution in [3.8, 4) is 0 Å². The van der Waals surface area contributed by atoms with Gasteiger partial charge in [0, 0.05) is 17.8 Å². The highest BCUT2D eigenvalue weighted by Crippen LogP contribution is 2.30. The van der Waals surface area contributed by atoms with E-state index in [9.17, 15) is 5.11 Å². The second kappa shape index (κ2) is 5.06. The molecule has 0 amide bonds. The molecule has 0 saturated heterocycles. The van der Waals surface area contributed by atoms with Crippen LogP contribution in [0.1, 0.15) is 28.4 Å². The smallest absolute Gasteiger partial charge is 0.105 e. The largest absolute Gasteiger partial charge is 0.384 e. The summed E-state index contributed by atoms with van der Waals surface area (Å²) < 4.78 is 0. The fourth-order valence-corrected chi connectivity index (χ4v) is 2.61. The van der Waals surface area contributed by atoms with Crippen LogP contribution in [0, 0.1) is 13.8 Å². The summed E-state index contributed by atoms with van der Waals surface area (Å²) in [6.07, 6.45) is 2.97. The zero-order valence-electron chi connectivity index (χ0n) is 11.7. The first-order valence-corrected chi connectivity index (χ1v) is 6.75. The molecule has 0 spiro atoms. The molecule has 1 atom stereocenters. The van der Waals surface area contributed by atoms with Gasteiger partial charge in [-0.25, -0.2) is 0 Å². The second-order valence-electron chi connectivity index (χ2n) is 5.14. The van der Waals surface area contributed by atoms with E-state index in [4.69, 9.17) is 0 Å². The number of aliphatic hydroxyl groups excluding tert-OH is 1. The van der Waals surface area contributed by atoms with Gasteiger partial charge in [-0.15, -0.1) is 0 Å². The van der Waals surface area contributed by atoms with Crippen LogP contribution in [0.3, 0.4) is 0 Å². The van der Waals surface area contributed by atoms with E-state index in [1.807, 2.05) is 42.6 Å². The molecular weight excluding hydrogens is 246 g/mol. The monoisotopic (exact) mass is 263 g/mol. The van der Waals surface area contributed by atoms with Gasteiger partial charge < -0.3 is 5.11 Å². The molecule has 0 radical (unpaired) electrons. The van der Waals surface area contributed by atoms with Crippen molar-refractivity contribution in [2.75, 3.05) is 0 Å². The number of hydrogen-bond donors (Lipinski definition) is 1. The highest BCUT2D eigenvalue weighted by atomic mass is 16.3. The van der Waals surface area contributed by atoms with E-state index in [0.29, 0.717) is 0 Å². The minimum Gasteiger partial charge on any atom is -0.384 e. The second-order valence-corrected chi connectivity index (χ2v) is 5.14. The molecule has 20 heavy (non-hydrogen) atoms. The number of aliphatic hydroxyl groups is 1. The first kappa shape index (κ1) is 12.8. The zero-order chi connectivity index (χ0) is 14.1. The highest BCUT2D eigenvalue weighted by Gasteiger charge is 2.16. The molecular formula is C18H17NO. The Morgan fingerprint density at radius 1 is 0.950 bits per heavy atom. The number of aryl methyl sites for hydroxylation is 1. The van der Waals surface area contributed by atoms with Crippen molar-refractivity contribution in [3.05, 3.63) is 77.1 Å². The number of pyridine rings is 1. The van der Waals surface area contributed by atoms with Gasteiger partial charge in [-0.3, -0.25) is 4.98 Å². The Balaban J connectivity index is 2.18. The number of nitrogens with zero attached hydrogens (tertiary/aromatic N) is 1. The Hall–Kier alpha value is -2.19. The van der Waals surface area contributed by atoms with E-state index in [-0.39, 0.29) is 0 Å². The van der Waals surface area contributed by atoms with Gasteiger partial charge in [-0.2, -0.15) is 0 Å². The van der Waals surface area contributed by atoms with Crippen LogP contribution >= 0.6 is 0 Å². The molecule has 1 unspecified atom stereocenters. The van der Waals surface area contributed by atoms with Gasteiger partial charge in [0.2, 0.25) is 0 Å². The summed E-state index contributed by atoms with van der Waals surface area (Å²) in [5.74, 6) is 0. The minimum atomic E-state index is -0.622. The van der Waals surface area contributed by atoms with Crippen molar-refractivity contribution in [2.24, 2.45) is 0 Å². The number of hydrogen-bond acceptors (Lipinski definition) is 2. The van der Waals surface area contributed by atoms with Gasteiger partial charge >= 0.3 is 0 Å². The van der Waals surface area contributed by atoms with Crippen LogP contribution in [-0.4, -0.2) is 10.1 Å². The quantitative estimate of drug-likeness (QED) is 0.760. The topological polar surface area (TPSA) is 33.1 Å². The molecule has 0 bridgehead atoms. The molecule has 2 aromatic carbocycles. The molecule has 0 aliphatic heterocycles. The maximum atomic E-state index is 10.8. The van der Waals surface area contributed by atoms with Crippen LogP contribution < -0.4 is 0 Å². The van der Waals surface area contributed by atoms with Gasteiger partial charge in [0.1, 0.15) is 6.10 Å². The van der Waals surface area contributed by atoms with Crippen molar-refractivity contribution in [1.82, 2.24) is 4.98 Å². The fraction of sp³-hybridized carbons (Fsp3) is 0.167. The lowest BCUT2D eigenvalue weighted by Gasteiger charge is -2.17. The number of fused-ring (bicyclic) bond motifs is 1. The molecule has 0 aliphatic rings. The van der Waals surface area contributed by atoms with Gasteiger partial charge in [0.15, 0.2) is 0 Å². The standard InChI is InChI=1S/C18H17NO/c1-12-5-3-7-15(13(12)2)18(20)16-8-4-6-14-9-10-19-11-17(14)16/h3-11,18,20H,1-2H3. The predicted molar refractivity (Wildman–Crippen MR) is 81.7 cm³/mol. The fourth-order valence-electron chi connectivity index (χ4n) is 2.61. The van der Waals surface area contributed by atoms with Crippen molar-refractivity contribution >= 4 is 10.8 Å². The maximum absolute atomic E-state index is 10.8. The van der Waals surface area contributed by atoms with E-state index in [2.05, 4.69) is 24.9 Å². The number of aromatic nitrogens is 1. The lowest BCUT2D eigenvalue weighted by molar-refractivity contribution is 0.221. The lowest BCUT2D eigenvalue weighted by atomic mass is 9.92. The maximum Gasteiger partial charge on any atom is 0.105 e. The molecule has 1 heterocycles. The summed E-state index contributed by atoms with van der Waals surface area (Å²) in [4.78, 5) is 4.18. The SMILES string of the molecule is Cc1cccc(C(O)c2cccc3ccncc23)c1C. The molecule has 2 heteroatoms. The predicted octanol–water partition coefficient (Wildman–Crippen LogP) is 3.93. The van der Waals surface area contributed by atoms with Crippen LogP contribution in [0.2, 0.25) is 0 Å². The number of benzene rings is 2. The molecule has 100 valence electrons. The number of rotatable bonds is 2. The van der Waals surface area contributed by atoms with E-state index in [0.717, 1.165) is 27.5 Å². The van der Waals surface area contributed by atoms with Crippen molar-refractivity contribution in [3.63, 3.8) is 0 Å². The third-order valence-electron chi connectivity index (χ3n) is 3.95. The average Bonchev–Trinajstić information content (AvgIpc) is 2.49. The van der Waals surface area contributed by atoms with E-state index in [1.54, 1.807) is 6.20 Å². The van der Waals surface area contributed by atoms with Crippen LogP contribution in [0.4, 0.5) is 0 Å². The summed E-state index contributed by atoms with van der Waals surface area (Å²) in [6.45, 7) is 4.12. The summed E-state index contributed by atoms with van der Waals surface area (Å²) in [7, 11) is 0. The summed E-state index contributed by atoms with van der Waals surface area (Å²) >= 11 is 0. The average molecular weight is 263 g/mol. The first-order chi connectivity index (χ1) is 9.68. The molecule has 0 fully saturated rings. The van der Waals surface area contributed by atoms with E-state index < -0.39 is 6.10 Å². The van der Waals surface area contributed by atoms with Crippen LogP contribution in [-0.2, 0) is 0 Å². The normalized spacial score (nSPS) is 12.6. The molecule has 1 N–H and O–H groups in total. The lowest BCUT2D eigenvalue weighted by Crippen LogP contribution is -2.04. The van der Waals surface area contributed by atoms with Crippen molar-refractivity contribution in [2.45, 2.75) is 20.0 Å². The Morgan fingerprint density at radius 2 is 1.70 bits per heavy atom.